The molecule has 0 radical (unpaired) electrons. The van der Waals surface area contributed by atoms with Gasteiger partial charge in [-0.05, 0) is 12.1 Å². The second-order valence-electron chi connectivity index (χ2n) is 5.48. The molecular formula is C16H21ClN4O2. The zero-order chi connectivity index (χ0) is 15.5. The topological polar surface area (TPSA) is 82.4 Å². The van der Waals surface area contributed by atoms with Crippen LogP contribution in [0.3, 0.4) is 0 Å². The molecule has 1 aromatic carbocycles. The number of amides is 2. The average Bonchev–Trinajstić information content (AvgIpc) is 2.98. The molecule has 0 spiro atoms. The number of halogens is 1. The van der Waals surface area contributed by atoms with Gasteiger partial charge >= 0.3 is 0 Å². The molecule has 23 heavy (non-hydrogen) atoms. The first-order chi connectivity index (χ1) is 10.7. The molecule has 3 N–H and O–H groups in total. The van der Waals surface area contributed by atoms with Crippen LogP contribution < -0.4 is 5.73 Å². The molecule has 3 rings (SSSR count). The number of carbonyl (C=O) groups is 2. The Kier molecular flexibility index (Phi) is 5.63. The number of rotatable bonds is 3. The van der Waals surface area contributed by atoms with Crippen molar-refractivity contribution in [3.63, 3.8) is 0 Å². The fraction of sp³-hybridized carbons (Fsp3) is 0.375. The minimum absolute atomic E-state index is 0. The van der Waals surface area contributed by atoms with Crippen LogP contribution >= 0.6 is 12.4 Å². The van der Waals surface area contributed by atoms with Crippen molar-refractivity contribution in [1.82, 2.24) is 14.8 Å². The lowest BCUT2D eigenvalue weighted by Crippen LogP contribution is -2.50. The Morgan fingerprint density at radius 1 is 1.09 bits per heavy atom. The molecule has 0 unspecified atom stereocenters. The smallest absolute Gasteiger partial charge is 0.270 e. The molecule has 2 heterocycles. The van der Waals surface area contributed by atoms with E-state index in [1.165, 1.54) is 0 Å². The molecule has 2 amide bonds. The summed E-state index contributed by atoms with van der Waals surface area (Å²) in [6.07, 6.45) is 0.371. The standard InChI is InChI=1S/C16H20N4O2.ClH/c17-6-5-15(21)19-7-9-20(10-8-19)16(22)14-11-12-3-1-2-4-13(12)18-14;/h1-4,11,18H,5-10,17H2;1H. The van der Waals surface area contributed by atoms with Crippen LogP contribution in [0.1, 0.15) is 16.9 Å². The van der Waals surface area contributed by atoms with Gasteiger partial charge in [0.25, 0.3) is 5.91 Å². The Bertz CT molecular complexity index is 659. The molecule has 1 saturated heterocycles. The number of benzene rings is 1. The molecule has 1 aliphatic rings. The fourth-order valence-corrected chi connectivity index (χ4v) is 2.80. The summed E-state index contributed by atoms with van der Waals surface area (Å²) in [4.78, 5) is 31.1. The first-order valence-corrected chi connectivity index (χ1v) is 7.54. The molecule has 1 aliphatic heterocycles. The highest BCUT2D eigenvalue weighted by atomic mass is 35.5. The van der Waals surface area contributed by atoms with Gasteiger partial charge in [0.2, 0.25) is 5.91 Å². The minimum Gasteiger partial charge on any atom is -0.351 e. The summed E-state index contributed by atoms with van der Waals surface area (Å²) >= 11 is 0. The predicted octanol–water partition coefficient (Wildman–Crippen LogP) is 1.22. The molecule has 7 heteroatoms. The highest BCUT2D eigenvalue weighted by molar-refractivity contribution is 5.98. The van der Waals surface area contributed by atoms with Gasteiger partial charge in [-0.2, -0.15) is 0 Å². The fourth-order valence-electron chi connectivity index (χ4n) is 2.80. The van der Waals surface area contributed by atoms with E-state index in [0.717, 1.165) is 10.9 Å². The van der Waals surface area contributed by atoms with Gasteiger partial charge in [-0.25, -0.2) is 0 Å². The molecule has 124 valence electrons. The number of piperazine rings is 1. The van der Waals surface area contributed by atoms with Crippen molar-refractivity contribution < 1.29 is 9.59 Å². The van der Waals surface area contributed by atoms with Crippen molar-refractivity contribution in [2.24, 2.45) is 5.73 Å². The summed E-state index contributed by atoms with van der Waals surface area (Å²) in [5.41, 5.74) is 6.97. The van der Waals surface area contributed by atoms with Gasteiger partial charge in [0.05, 0.1) is 0 Å². The number of nitrogens with one attached hydrogen (secondary N) is 1. The maximum atomic E-state index is 12.5. The lowest BCUT2D eigenvalue weighted by atomic mass is 10.2. The number of nitrogens with zero attached hydrogens (tertiary/aromatic N) is 2. The van der Waals surface area contributed by atoms with Crippen molar-refractivity contribution in [1.29, 1.82) is 0 Å². The second kappa shape index (κ2) is 7.48. The van der Waals surface area contributed by atoms with E-state index in [2.05, 4.69) is 4.98 Å². The number of carbonyl (C=O) groups excluding carboxylic acids is 2. The van der Waals surface area contributed by atoms with Gasteiger partial charge in [0.1, 0.15) is 5.69 Å². The molecule has 0 aliphatic carbocycles. The van der Waals surface area contributed by atoms with Gasteiger partial charge < -0.3 is 20.5 Å². The highest BCUT2D eigenvalue weighted by Crippen LogP contribution is 2.17. The summed E-state index contributed by atoms with van der Waals surface area (Å²) in [5, 5.41) is 1.03. The molecule has 6 nitrogen and oxygen atoms in total. The van der Waals surface area contributed by atoms with E-state index in [-0.39, 0.29) is 24.2 Å². The largest absolute Gasteiger partial charge is 0.351 e. The van der Waals surface area contributed by atoms with E-state index in [1.54, 1.807) is 9.80 Å². The Labute approximate surface area is 141 Å². The van der Waals surface area contributed by atoms with E-state index in [9.17, 15) is 9.59 Å². The number of para-hydroxylation sites is 1. The number of H-pyrrole nitrogens is 1. The van der Waals surface area contributed by atoms with Crippen molar-refractivity contribution >= 4 is 35.1 Å². The van der Waals surface area contributed by atoms with E-state index < -0.39 is 0 Å². The Balaban J connectivity index is 0.00000192. The number of aromatic amines is 1. The van der Waals surface area contributed by atoms with Crippen molar-refractivity contribution in [2.75, 3.05) is 32.7 Å². The number of nitrogens with two attached hydrogens (primary N) is 1. The zero-order valence-electron chi connectivity index (χ0n) is 12.8. The van der Waals surface area contributed by atoms with Crippen molar-refractivity contribution in [3.8, 4) is 0 Å². The van der Waals surface area contributed by atoms with Crippen LogP contribution in [0.15, 0.2) is 30.3 Å². The Morgan fingerprint density at radius 2 is 1.74 bits per heavy atom. The van der Waals surface area contributed by atoms with E-state index in [1.807, 2.05) is 30.3 Å². The van der Waals surface area contributed by atoms with E-state index >= 15 is 0 Å². The third-order valence-corrected chi connectivity index (χ3v) is 4.04. The molecule has 0 saturated carbocycles. The summed E-state index contributed by atoms with van der Waals surface area (Å²) in [7, 11) is 0. The molecule has 1 aromatic heterocycles. The maximum Gasteiger partial charge on any atom is 0.270 e. The summed E-state index contributed by atoms with van der Waals surface area (Å²) in [6.45, 7) is 2.64. The predicted molar refractivity (Wildman–Crippen MR) is 91.7 cm³/mol. The van der Waals surface area contributed by atoms with Gasteiger partial charge in [0, 0.05) is 50.0 Å². The van der Waals surface area contributed by atoms with Crippen LogP contribution in [0.25, 0.3) is 10.9 Å². The summed E-state index contributed by atoms with van der Waals surface area (Å²) < 4.78 is 0. The highest BCUT2D eigenvalue weighted by Gasteiger charge is 2.25. The number of hydrogen-bond donors (Lipinski definition) is 2. The van der Waals surface area contributed by atoms with Gasteiger partial charge in [-0.3, -0.25) is 9.59 Å². The van der Waals surface area contributed by atoms with E-state index in [4.69, 9.17) is 5.73 Å². The quantitative estimate of drug-likeness (QED) is 0.884. The monoisotopic (exact) mass is 336 g/mol. The second-order valence-corrected chi connectivity index (χ2v) is 5.48. The maximum absolute atomic E-state index is 12.5. The van der Waals surface area contributed by atoms with Gasteiger partial charge in [0.15, 0.2) is 0 Å². The average molecular weight is 337 g/mol. The van der Waals surface area contributed by atoms with Crippen LogP contribution in [0, 0.1) is 0 Å². The van der Waals surface area contributed by atoms with Crippen LogP contribution in [0.2, 0.25) is 0 Å². The Morgan fingerprint density at radius 3 is 2.39 bits per heavy atom. The number of aromatic nitrogens is 1. The summed E-state index contributed by atoms with van der Waals surface area (Å²) in [5.74, 6) is 0.0577. The lowest BCUT2D eigenvalue weighted by molar-refractivity contribution is -0.132. The SMILES string of the molecule is Cl.NCCC(=O)N1CCN(C(=O)c2cc3ccccc3[nH]2)CC1. The van der Waals surface area contributed by atoms with Crippen molar-refractivity contribution in [3.05, 3.63) is 36.0 Å². The lowest BCUT2D eigenvalue weighted by Gasteiger charge is -2.34. The summed E-state index contributed by atoms with van der Waals surface area (Å²) in [6, 6.07) is 9.70. The van der Waals surface area contributed by atoms with Gasteiger partial charge in [-0.1, -0.05) is 18.2 Å². The third-order valence-electron chi connectivity index (χ3n) is 4.04. The van der Waals surface area contributed by atoms with Crippen LogP contribution in [-0.2, 0) is 4.79 Å². The molecule has 1 fully saturated rings. The molecular weight excluding hydrogens is 316 g/mol. The normalized spacial score (nSPS) is 14.7. The van der Waals surface area contributed by atoms with Crippen LogP contribution in [0.4, 0.5) is 0 Å². The first kappa shape index (κ1) is 17.3. The van der Waals surface area contributed by atoms with Gasteiger partial charge in [-0.15, -0.1) is 12.4 Å². The first-order valence-electron chi connectivity index (χ1n) is 7.54. The van der Waals surface area contributed by atoms with Crippen LogP contribution in [-0.4, -0.2) is 59.3 Å². The van der Waals surface area contributed by atoms with E-state index in [0.29, 0.717) is 44.8 Å². The van der Waals surface area contributed by atoms with Crippen LogP contribution in [0.5, 0.6) is 0 Å². The minimum atomic E-state index is -0.0119. The molecule has 0 atom stereocenters. The third kappa shape index (κ3) is 3.65. The Hall–Kier alpha value is -2.05. The number of fused-ring (bicyclic) bond motifs is 1. The molecule has 0 bridgehead atoms. The molecule has 2 aromatic rings. The van der Waals surface area contributed by atoms with Crippen molar-refractivity contribution in [2.45, 2.75) is 6.42 Å². The number of hydrogen-bond acceptors (Lipinski definition) is 3. The zero-order valence-corrected chi connectivity index (χ0v) is 13.6.